The maximum Gasteiger partial charge on any atom is 0.262 e. The van der Waals surface area contributed by atoms with Gasteiger partial charge < -0.3 is 15.4 Å². The van der Waals surface area contributed by atoms with Crippen LogP contribution in [0, 0.1) is 0 Å². The molecule has 0 atom stereocenters. The molecule has 136 valence electrons. The van der Waals surface area contributed by atoms with Gasteiger partial charge in [0.25, 0.3) is 5.91 Å². The van der Waals surface area contributed by atoms with Crippen LogP contribution in [0.5, 0.6) is 5.75 Å². The zero-order valence-electron chi connectivity index (χ0n) is 14.5. The first-order valence-corrected chi connectivity index (χ1v) is 8.40. The van der Waals surface area contributed by atoms with E-state index in [-0.39, 0.29) is 24.2 Å². The molecule has 2 aromatic rings. The Labute approximate surface area is 156 Å². The van der Waals surface area contributed by atoms with E-state index in [0.29, 0.717) is 34.1 Å². The summed E-state index contributed by atoms with van der Waals surface area (Å²) >= 11 is 5.92. The molecular formula is C19H19ClN2O4. The Hall–Kier alpha value is -2.86. The molecule has 0 spiro atoms. The zero-order valence-corrected chi connectivity index (χ0v) is 15.2. The number of anilines is 2. The molecule has 0 heterocycles. The second kappa shape index (κ2) is 9.01. The second-order valence-corrected chi connectivity index (χ2v) is 5.95. The fraction of sp³-hybridized carbons (Fsp3) is 0.211. The minimum absolute atomic E-state index is 0.114. The smallest absolute Gasteiger partial charge is 0.262 e. The van der Waals surface area contributed by atoms with Crippen molar-refractivity contribution in [3.8, 4) is 5.75 Å². The Bertz CT molecular complexity index is 819. The summed E-state index contributed by atoms with van der Waals surface area (Å²) in [5.41, 5.74) is 1.55. The summed E-state index contributed by atoms with van der Waals surface area (Å²) in [6.07, 6.45) is 0.309. The van der Waals surface area contributed by atoms with Crippen LogP contribution in [0.3, 0.4) is 0 Å². The molecule has 2 amide bonds. The Kier molecular flexibility index (Phi) is 6.74. The summed E-state index contributed by atoms with van der Waals surface area (Å²) in [6.45, 7) is 2.91. The molecule has 2 aromatic carbocycles. The molecule has 7 heteroatoms. The third kappa shape index (κ3) is 5.60. The molecular weight excluding hydrogens is 356 g/mol. The van der Waals surface area contributed by atoms with E-state index in [0.717, 1.165) is 0 Å². The van der Waals surface area contributed by atoms with E-state index in [1.165, 1.54) is 13.0 Å². The van der Waals surface area contributed by atoms with Gasteiger partial charge in [-0.3, -0.25) is 14.4 Å². The first kappa shape index (κ1) is 19.5. The second-order valence-electron chi connectivity index (χ2n) is 5.51. The third-order valence-corrected chi connectivity index (χ3v) is 3.65. The van der Waals surface area contributed by atoms with Crippen LogP contribution in [-0.4, -0.2) is 24.2 Å². The van der Waals surface area contributed by atoms with Crippen LogP contribution < -0.4 is 15.4 Å². The lowest BCUT2D eigenvalue weighted by molar-refractivity contribution is -0.118. The lowest BCUT2D eigenvalue weighted by Gasteiger charge is -2.11. The summed E-state index contributed by atoms with van der Waals surface area (Å²) in [5.74, 6) is -0.341. The van der Waals surface area contributed by atoms with Crippen molar-refractivity contribution < 1.29 is 19.1 Å². The Morgan fingerprint density at radius 3 is 2.19 bits per heavy atom. The van der Waals surface area contributed by atoms with Gasteiger partial charge in [-0.25, -0.2) is 0 Å². The molecule has 0 fully saturated rings. The van der Waals surface area contributed by atoms with Gasteiger partial charge in [0, 0.05) is 29.7 Å². The number of halogens is 1. The predicted molar refractivity (Wildman–Crippen MR) is 101 cm³/mol. The Morgan fingerprint density at radius 1 is 1.00 bits per heavy atom. The summed E-state index contributed by atoms with van der Waals surface area (Å²) in [6, 6.07) is 11.4. The number of Topliss-reactive ketones (excluding diaryl/α,β-unsaturated/α-hetero) is 1. The molecule has 0 radical (unpaired) electrons. The topological polar surface area (TPSA) is 84.5 Å². The van der Waals surface area contributed by atoms with E-state index >= 15 is 0 Å². The van der Waals surface area contributed by atoms with E-state index in [4.69, 9.17) is 16.3 Å². The number of benzene rings is 2. The van der Waals surface area contributed by atoms with Crippen LogP contribution in [-0.2, 0) is 9.59 Å². The van der Waals surface area contributed by atoms with Crippen LogP contribution in [0.2, 0.25) is 5.02 Å². The fourth-order valence-corrected chi connectivity index (χ4v) is 2.39. The molecule has 2 rings (SSSR count). The molecule has 0 saturated carbocycles. The zero-order chi connectivity index (χ0) is 19.1. The minimum Gasteiger partial charge on any atom is -0.483 e. The number of hydrogen-bond donors (Lipinski definition) is 2. The van der Waals surface area contributed by atoms with Crippen molar-refractivity contribution >= 4 is 40.6 Å². The van der Waals surface area contributed by atoms with Gasteiger partial charge in [0.15, 0.2) is 12.4 Å². The summed E-state index contributed by atoms with van der Waals surface area (Å²) in [5, 5.41) is 5.75. The van der Waals surface area contributed by atoms with Crippen LogP contribution >= 0.6 is 11.6 Å². The SMILES string of the molecule is CCC(=O)c1cc(Cl)ccc1OCC(=O)Nc1ccc(NC(C)=O)cc1. The van der Waals surface area contributed by atoms with E-state index in [1.807, 2.05) is 0 Å². The highest BCUT2D eigenvalue weighted by Crippen LogP contribution is 2.24. The van der Waals surface area contributed by atoms with Crippen LogP contribution in [0.4, 0.5) is 11.4 Å². The van der Waals surface area contributed by atoms with Crippen LogP contribution in [0.25, 0.3) is 0 Å². The van der Waals surface area contributed by atoms with Crippen molar-refractivity contribution in [2.24, 2.45) is 0 Å². The fourth-order valence-electron chi connectivity index (χ4n) is 2.22. The molecule has 6 nitrogen and oxygen atoms in total. The number of nitrogens with one attached hydrogen (secondary N) is 2. The van der Waals surface area contributed by atoms with Gasteiger partial charge >= 0.3 is 0 Å². The molecule has 0 bridgehead atoms. The maximum absolute atomic E-state index is 12.0. The summed E-state index contributed by atoms with van der Waals surface area (Å²) in [7, 11) is 0. The maximum atomic E-state index is 12.0. The summed E-state index contributed by atoms with van der Waals surface area (Å²) in [4.78, 5) is 35.0. The lowest BCUT2D eigenvalue weighted by atomic mass is 10.1. The standard InChI is InChI=1S/C19H19ClN2O4/c1-3-17(24)16-10-13(20)4-9-18(16)26-11-19(25)22-15-7-5-14(6-8-15)21-12(2)23/h4-10H,3,11H2,1-2H3,(H,21,23)(H,22,25). The van der Waals surface area contributed by atoms with E-state index in [2.05, 4.69) is 10.6 Å². The molecule has 0 aromatic heterocycles. The van der Waals surface area contributed by atoms with Gasteiger partial charge in [-0.15, -0.1) is 0 Å². The van der Waals surface area contributed by atoms with E-state index in [9.17, 15) is 14.4 Å². The van der Waals surface area contributed by atoms with E-state index in [1.54, 1.807) is 43.3 Å². The third-order valence-electron chi connectivity index (χ3n) is 3.41. The van der Waals surface area contributed by atoms with Crippen molar-refractivity contribution in [3.05, 3.63) is 53.1 Å². The molecule has 26 heavy (non-hydrogen) atoms. The van der Waals surface area contributed by atoms with Crippen molar-refractivity contribution in [1.29, 1.82) is 0 Å². The normalized spacial score (nSPS) is 10.1. The predicted octanol–water partition coefficient (Wildman–Crippen LogP) is 3.91. The molecule has 0 aliphatic carbocycles. The van der Waals surface area contributed by atoms with Gasteiger partial charge in [0.1, 0.15) is 5.75 Å². The average molecular weight is 375 g/mol. The highest BCUT2D eigenvalue weighted by Gasteiger charge is 2.13. The average Bonchev–Trinajstić information content (AvgIpc) is 2.61. The van der Waals surface area contributed by atoms with Gasteiger partial charge in [-0.1, -0.05) is 18.5 Å². The van der Waals surface area contributed by atoms with Gasteiger partial charge in [0.05, 0.1) is 5.56 Å². The number of ketones is 1. The van der Waals surface area contributed by atoms with Crippen LogP contribution in [0.15, 0.2) is 42.5 Å². The molecule has 2 N–H and O–H groups in total. The number of hydrogen-bond acceptors (Lipinski definition) is 4. The van der Waals surface area contributed by atoms with Crippen molar-refractivity contribution in [2.45, 2.75) is 20.3 Å². The molecule has 0 aliphatic heterocycles. The molecule has 0 aliphatic rings. The molecule has 0 saturated heterocycles. The number of amides is 2. The number of carbonyl (C=O) groups excluding carboxylic acids is 3. The van der Waals surface area contributed by atoms with Gasteiger partial charge in [0.2, 0.25) is 5.91 Å². The highest BCUT2D eigenvalue weighted by molar-refractivity contribution is 6.31. The highest BCUT2D eigenvalue weighted by atomic mass is 35.5. The minimum atomic E-state index is -0.373. The number of ether oxygens (including phenoxy) is 1. The van der Waals surface area contributed by atoms with Crippen molar-refractivity contribution in [2.75, 3.05) is 17.2 Å². The van der Waals surface area contributed by atoms with Gasteiger partial charge in [-0.05, 0) is 42.5 Å². The Balaban J connectivity index is 1.97. The first-order chi connectivity index (χ1) is 12.4. The lowest BCUT2D eigenvalue weighted by Crippen LogP contribution is -2.20. The number of carbonyl (C=O) groups is 3. The van der Waals surface area contributed by atoms with Gasteiger partial charge in [-0.2, -0.15) is 0 Å². The summed E-state index contributed by atoms with van der Waals surface area (Å²) < 4.78 is 5.48. The van der Waals surface area contributed by atoms with Crippen molar-refractivity contribution in [3.63, 3.8) is 0 Å². The van der Waals surface area contributed by atoms with E-state index < -0.39 is 0 Å². The largest absolute Gasteiger partial charge is 0.483 e. The molecule has 0 unspecified atom stereocenters. The monoisotopic (exact) mass is 374 g/mol. The Morgan fingerprint density at radius 2 is 1.62 bits per heavy atom. The first-order valence-electron chi connectivity index (χ1n) is 8.02. The van der Waals surface area contributed by atoms with Crippen molar-refractivity contribution in [1.82, 2.24) is 0 Å². The van der Waals surface area contributed by atoms with Crippen LogP contribution in [0.1, 0.15) is 30.6 Å². The quantitative estimate of drug-likeness (QED) is 0.719. The number of rotatable bonds is 7.